The standard InChI is InChI=1S/C5H8FN2O2/c1-2-4(9)7-8-5(10)3-6/h2-3H2,1H3,(H,8,10). The van der Waals surface area contributed by atoms with Crippen molar-refractivity contribution >= 4 is 11.8 Å². The number of carbonyl (C=O) groups excluding carboxylic acids is 2. The fraction of sp³-hybridized carbons (Fsp3) is 0.600. The minimum absolute atomic E-state index is 0.201. The van der Waals surface area contributed by atoms with Crippen LogP contribution in [0.4, 0.5) is 4.39 Å². The number of alkyl halides is 1. The van der Waals surface area contributed by atoms with E-state index in [1.165, 1.54) is 0 Å². The van der Waals surface area contributed by atoms with Crippen molar-refractivity contribution < 1.29 is 14.0 Å². The van der Waals surface area contributed by atoms with Gasteiger partial charge in [-0.1, -0.05) is 6.92 Å². The van der Waals surface area contributed by atoms with Gasteiger partial charge in [-0.2, -0.15) is 0 Å². The second-order valence-corrected chi connectivity index (χ2v) is 1.53. The molecule has 1 radical (unpaired) electrons. The van der Waals surface area contributed by atoms with Gasteiger partial charge in [-0.25, -0.2) is 9.82 Å². The van der Waals surface area contributed by atoms with Crippen molar-refractivity contribution in [2.75, 3.05) is 6.67 Å². The van der Waals surface area contributed by atoms with Crippen LogP contribution in [0.5, 0.6) is 0 Å². The molecule has 0 saturated carbocycles. The summed E-state index contributed by atoms with van der Waals surface area (Å²) in [5, 5.41) is 0. The number of amides is 2. The van der Waals surface area contributed by atoms with Gasteiger partial charge in [0.05, 0.1) is 0 Å². The number of rotatable bonds is 2. The van der Waals surface area contributed by atoms with Gasteiger partial charge in [-0.3, -0.25) is 9.59 Å². The van der Waals surface area contributed by atoms with E-state index in [0.717, 1.165) is 0 Å². The summed E-state index contributed by atoms with van der Waals surface area (Å²) >= 11 is 0. The van der Waals surface area contributed by atoms with Crippen molar-refractivity contribution in [3.05, 3.63) is 0 Å². The van der Waals surface area contributed by atoms with Gasteiger partial charge in [0.1, 0.15) is 0 Å². The lowest BCUT2D eigenvalue weighted by Gasteiger charge is -1.97. The molecule has 4 nitrogen and oxygen atoms in total. The molecule has 2 amide bonds. The molecule has 0 unspecified atom stereocenters. The van der Waals surface area contributed by atoms with Crippen LogP contribution in [0.3, 0.4) is 0 Å². The van der Waals surface area contributed by atoms with Gasteiger partial charge < -0.3 is 0 Å². The molecule has 0 aromatic carbocycles. The van der Waals surface area contributed by atoms with Crippen LogP contribution in [-0.4, -0.2) is 18.5 Å². The molecule has 0 aliphatic carbocycles. The summed E-state index contributed by atoms with van der Waals surface area (Å²) in [6, 6.07) is 0. The number of nitrogens with zero attached hydrogens (tertiary/aromatic N) is 1. The average Bonchev–Trinajstić information content (AvgIpc) is 1.99. The summed E-state index contributed by atoms with van der Waals surface area (Å²) in [6.07, 6.45) is 0.201. The fourth-order valence-electron chi connectivity index (χ4n) is 0.234. The SMILES string of the molecule is CCC(=O)[N]NC(=O)CF. The number of halogens is 1. The highest BCUT2D eigenvalue weighted by Gasteiger charge is 2.02. The molecule has 5 heteroatoms. The van der Waals surface area contributed by atoms with Gasteiger partial charge >= 0.3 is 0 Å². The van der Waals surface area contributed by atoms with E-state index in [0.29, 0.717) is 0 Å². The Hall–Kier alpha value is -1.13. The Kier molecular flexibility index (Phi) is 4.19. The van der Waals surface area contributed by atoms with E-state index in [1.807, 2.05) is 0 Å². The Balaban J connectivity index is 3.35. The lowest BCUT2D eigenvalue weighted by atomic mass is 10.5. The molecule has 0 aliphatic heterocycles. The van der Waals surface area contributed by atoms with E-state index in [2.05, 4.69) is 5.43 Å². The van der Waals surface area contributed by atoms with Gasteiger partial charge in [-0.15, -0.1) is 5.43 Å². The Labute approximate surface area is 57.8 Å². The largest absolute Gasteiger partial charge is 0.271 e. The maximum atomic E-state index is 11.4. The molecule has 0 aliphatic rings. The molecule has 0 heterocycles. The number of carbonyl (C=O) groups is 2. The van der Waals surface area contributed by atoms with Crippen molar-refractivity contribution in [1.82, 2.24) is 10.9 Å². The highest BCUT2D eigenvalue weighted by atomic mass is 19.1. The molecule has 0 saturated heterocycles. The van der Waals surface area contributed by atoms with Crippen LogP contribution in [0.2, 0.25) is 0 Å². The highest BCUT2D eigenvalue weighted by Crippen LogP contribution is 1.73. The summed E-state index contributed by atoms with van der Waals surface area (Å²) in [5.41, 5.74) is 4.78. The first kappa shape index (κ1) is 8.87. The summed E-state index contributed by atoms with van der Waals surface area (Å²) in [7, 11) is 0. The summed E-state index contributed by atoms with van der Waals surface area (Å²) in [6.45, 7) is 0.438. The first-order valence-electron chi connectivity index (χ1n) is 2.79. The minimum Gasteiger partial charge on any atom is -0.271 e. The van der Waals surface area contributed by atoms with Gasteiger partial charge in [0.2, 0.25) is 0 Å². The lowest BCUT2D eigenvalue weighted by molar-refractivity contribution is -0.129. The average molecular weight is 147 g/mol. The van der Waals surface area contributed by atoms with Crippen molar-refractivity contribution in [3.8, 4) is 0 Å². The smallest absolute Gasteiger partial charge is 0.271 e. The van der Waals surface area contributed by atoms with Gasteiger partial charge in [0.25, 0.3) is 11.8 Å². The van der Waals surface area contributed by atoms with Crippen molar-refractivity contribution in [1.29, 1.82) is 0 Å². The number of nitrogens with one attached hydrogen (secondary N) is 1. The summed E-state index contributed by atoms with van der Waals surface area (Å²) in [5.74, 6) is -1.37. The Morgan fingerprint density at radius 1 is 1.60 bits per heavy atom. The topological polar surface area (TPSA) is 60.3 Å². The molecule has 57 valence electrons. The Morgan fingerprint density at radius 3 is 2.60 bits per heavy atom. The molecular formula is C5H8FN2O2. The fourth-order valence-corrected chi connectivity index (χ4v) is 0.234. The summed E-state index contributed by atoms with van der Waals surface area (Å²) in [4.78, 5) is 20.4. The van der Waals surface area contributed by atoms with Crippen molar-refractivity contribution in [3.63, 3.8) is 0 Å². The third-order valence-corrected chi connectivity index (χ3v) is 0.729. The van der Waals surface area contributed by atoms with Crippen LogP contribution >= 0.6 is 0 Å². The predicted molar refractivity (Wildman–Crippen MR) is 31.5 cm³/mol. The second kappa shape index (κ2) is 4.72. The van der Waals surface area contributed by atoms with Crippen LogP contribution in [0.1, 0.15) is 13.3 Å². The summed E-state index contributed by atoms with van der Waals surface area (Å²) < 4.78 is 11.4. The monoisotopic (exact) mass is 147 g/mol. The van der Waals surface area contributed by atoms with E-state index in [9.17, 15) is 14.0 Å². The maximum Gasteiger partial charge on any atom is 0.271 e. The van der Waals surface area contributed by atoms with Crippen LogP contribution < -0.4 is 10.9 Å². The number of hydrogen-bond donors (Lipinski definition) is 1. The molecule has 0 aromatic heterocycles. The molecule has 10 heavy (non-hydrogen) atoms. The normalized spacial score (nSPS) is 8.60. The quantitative estimate of drug-likeness (QED) is 0.536. The second-order valence-electron chi connectivity index (χ2n) is 1.53. The molecule has 0 aromatic rings. The van der Waals surface area contributed by atoms with Crippen LogP contribution in [0, 0.1) is 0 Å². The number of hydrogen-bond acceptors (Lipinski definition) is 2. The zero-order valence-electron chi connectivity index (χ0n) is 5.56. The lowest BCUT2D eigenvalue weighted by Crippen LogP contribution is -2.35. The van der Waals surface area contributed by atoms with Crippen LogP contribution in [0.25, 0.3) is 0 Å². The van der Waals surface area contributed by atoms with E-state index in [4.69, 9.17) is 0 Å². The molecular weight excluding hydrogens is 139 g/mol. The third kappa shape index (κ3) is 3.82. The molecule has 0 rings (SSSR count). The van der Waals surface area contributed by atoms with Crippen LogP contribution in [-0.2, 0) is 9.59 Å². The first-order valence-corrected chi connectivity index (χ1v) is 2.79. The predicted octanol–water partition coefficient (Wildman–Crippen LogP) is -0.472. The highest BCUT2D eigenvalue weighted by molar-refractivity contribution is 5.82. The van der Waals surface area contributed by atoms with E-state index < -0.39 is 18.5 Å². The molecule has 0 spiro atoms. The molecule has 0 atom stereocenters. The molecule has 0 bridgehead atoms. The molecule has 0 fully saturated rings. The van der Waals surface area contributed by atoms with E-state index >= 15 is 0 Å². The van der Waals surface area contributed by atoms with E-state index in [-0.39, 0.29) is 6.42 Å². The Morgan fingerprint density at radius 2 is 2.20 bits per heavy atom. The van der Waals surface area contributed by atoms with E-state index in [1.54, 1.807) is 12.3 Å². The zero-order valence-corrected chi connectivity index (χ0v) is 5.56. The minimum atomic E-state index is -1.15. The van der Waals surface area contributed by atoms with Crippen molar-refractivity contribution in [2.24, 2.45) is 0 Å². The van der Waals surface area contributed by atoms with Gasteiger partial charge in [0, 0.05) is 6.42 Å². The van der Waals surface area contributed by atoms with Crippen molar-refractivity contribution in [2.45, 2.75) is 13.3 Å². The first-order chi connectivity index (χ1) is 4.70. The zero-order chi connectivity index (χ0) is 7.98. The Bertz CT molecular complexity index is 122. The van der Waals surface area contributed by atoms with Gasteiger partial charge in [0.15, 0.2) is 6.67 Å². The van der Waals surface area contributed by atoms with Crippen LogP contribution in [0.15, 0.2) is 0 Å². The van der Waals surface area contributed by atoms with Gasteiger partial charge in [-0.05, 0) is 0 Å². The molecule has 1 N–H and O–H groups in total. The third-order valence-electron chi connectivity index (χ3n) is 0.729. The maximum absolute atomic E-state index is 11.4.